The van der Waals surface area contributed by atoms with E-state index in [1.54, 1.807) is 0 Å². The lowest BCUT2D eigenvalue weighted by Gasteiger charge is -2.18. The highest BCUT2D eigenvalue weighted by molar-refractivity contribution is 7.41. The Morgan fingerprint density at radius 2 is 1.59 bits per heavy atom. The summed E-state index contributed by atoms with van der Waals surface area (Å²) in [5.74, 6) is 0. The molecule has 1 aliphatic carbocycles. The molecule has 17 heavy (non-hydrogen) atoms. The van der Waals surface area contributed by atoms with Crippen LogP contribution in [0.4, 0.5) is 0 Å². The maximum atomic E-state index is 5.90. The van der Waals surface area contributed by atoms with Crippen molar-refractivity contribution < 1.29 is 13.6 Å². The van der Waals surface area contributed by atoms with E-state index in [0.717, 1.165) is 12.8 Å². The Labute approximate surface area is 104 Å². The molecule has 3 nitrogen and oxygen atoms in total. The lowest BCUT2D eigenvalue weighted by molar-refractivity contribution is 0.129. The van der Waals surface area contributed by atoms with Crippen LogP contribution in [-0.2, 0) is 26.4 Å². The molecule has 0 aromatic heterocycles. The molecule has 1 aliphatic rings. The molecule has 1 aromatic carbocycles. The Morgan fingerprint density at radius 3 is 2.06 bits per heavy atom. The first kappa shape index (κ1) is 13.0. The van der Waals surface area contributed by atoms with E-state index in [9.17, 15) is 0 Å². The van der Waals surface area contributed by atoms with Crippen LogP contribution in [0.2, 0.25) is 0 Å². The van der Waals surface area contributed by atoms with Crippen molar-refractivity contribution in [3.05, 3.63) is 35.4 Å². The van der Waals surface area contributed by atoms with Crippen LogP contribution in [0.15, 0.2) is 24.3 Å². The van der Waals surface area contributed by atoms with Crippen LogP contribution in [0, 0.1) is 0 Å². The van der Waals surface area contributed by atoms with E-state index >= 15 is 0 Å². The summed E-state index contributed by atoms with van der Waals surface area (Å²) >= 11 is 0. The van der Waals surface area contributed by atoms with Gasteiger partial charge in [0.2, 0.25) is 0 Å². The van der Waals surface area contributed by atoms with Crippen molar-refractivity contribution in [1.82, 2.24) is 0 Å². The summed E-state index contributed by atoms with van der Waals surface area (Å²) in [6, 6.07) is 8.49. The summed E-state index contributed by atoms with van der Waals surface area (Å²) in [4.78, 5) is 0. The van der Waals surface area contributed by atoms with Crippen molar-refractivity contribution in [2.45, 2.75) is 32.8 Å². The minimum absolute atomic E-state index is 0.205. The van der Waals surface area contributed by atoms with Gasteiger partial charge in [0.1, 0.15) is 0 Å². The fraction of sp³-hybridized carbons (Fsp3) is 0.538. The zero-order chi connectivity index (χ0) is 12.1. The Hall–Kier alpha value is -0.470. The number of fused-ring (bicyclic) bond motifs is 1. The van der Waals surface area contributed by atoms with Crippen LogP contribution in [0.5, 0.6) is 0 Å². The van der Waals surface area contributed by atoms with Crippen LogP contribution >= 0.6 is 8.60 Å². The Kier molecular flexibility index (Phi) is 4.93. The normalized spacial score (nSPS) is 15.5. The summed E-state index contributed by atoms with van der Waals surface area (Å²) in [6.07, 6.45) is 2.14. The van der Waals surface area contributed by atoms with Gasteiger partial charge in [-0.3, -0.25) is 0 Å². The predicted octanol–water partition coefficient (Wildman–Crippen LogP) is 3.47. The number of hydrogen-bond donors (Lipinski definition) is 0. The molecule has 0 fully saturated rings. The summed E-state index contributed by atoms with van der Waals surface area (Å²) in [6.45, 7) is 5.18. The van der Waals surface area contributed by atoms with E-state index in [1.807, 2.05) is 13.8 Å². The van der Waals surface area contributed by atoms with Gasteiger partial charge >= 0.3 is 8.60 Å². The second-order valence-corrected chi connectivity index (χ2v) is 5.14. The molecule has 2 rings (SSSR count). The fourth-order valence-corrected chi connectivity index (χ4v) is 3.03. The summed E-state index contributed by atoms with van der Waals surface area (Å²) in [7, 11) is -1.17. The monoisotopic (exact) mass is 254 g/mol. The highest BCUT2D eigenvalue weighted by atomic mass is 31.2. The van der Waals surface area contributed by atoms with Crippen LogP contribution in [0.25, 0.3) is 0 Å². The lowest BCUT2D eigenvalue weighted by Crippen LogP contribution is -2.11. The molecule has 0 amide bonds. The minimum atomic E-state index is -1.17. The van der Waals surface area contributed by atoms with Crippen molar-refractivity contribution in [1.29, 1.82) is 0 Å². The average Bonchev–Trinajstić information content (AvgIpc) is 2.71. The summed E-state index contributed by atoms with van der Waals surface area (Å²) in [5.41, 5.74) is 2.78. The largest absolute Gasteiger partial charge is 0.332 e. The van der Waals surface area contributed by atoms with E-state index in [-0.39, 0.29) is 6.10 Å². The Bertz CT molecular complexity index is 325. The van der Waals surface area contributed by atoms with E-state index in [2.05, 4.69) is 24.3 Å². The van der Waals surface area contributed by atoms with Gasteiger partial charge in [-0.05, 0) is 37.8 Å². The molecule has 0 unspecified atom stereocenters. The first-order chi connectivity index (χ1) is 8.33. The second-order valence-electron chi connectivity index (χ2n) is 3.96. The molecule has 0 bridgehead atoms. The highest BCUT2D eigenvalue weighted by Gasteiger charge is 2.26. The van der Waals surface area contributed by atoms with E-state index in [0.29, 0.717) is 13.2 Å². The molecule has 0 saturated carbocycles. The SMILES string of the molecule is CCOP(OCC)OC1Cc2ccccc2C1. The third-order valence-corrected chi connectivity index (χ3v) is 4.13. The molecule has 0 N–H and O–H groups in total. The van der Waals surface area contributed by atoms with Crippen molar-refractivity contribution in [3.63, 3.8) is 0 Å². The zero-order valence-corrected chi connectivity index (χ0v) is 11.3. The summed E-state index contributed by atoms with van der Waals surface area (Å²) in [5, 5.41) is 0. The number of hydrogen-bond acceptors (Lipinski definition) is 3. The summed E-state index contributed by atoms with van der Waals surface area (Å²) < 4.78 is 16.8. The van der Waals surface area contributed by atoms with Crippen LogP contribution in [-0.4, -0.2) is 19.3 Å². The minimum Gasteiger partial charge on any atom is -0.313 e. The third-order valence-electron chi connectivity index (χ3n) is 2.72. The molecule has 4 heteroatoms. The van der Waals surface area contributed by atoms with Gasteiger partial charge in [0.15, 0.2) is 0 Å². The maximum Gasteiger partial charge on any atom is 0.332 e. The van der Waals surface area contributed by atoms with Gasteiger partial charge in [0, 0.05) is 0 Å². The van der Waals surface area contributed by atoms with Gasteiger partial charge in [-0.15, -0.1) is 0 Å². The third kappa shape index (κ3) is 3.49. The Morgan fingerprint density at radius 1 is 1.06 bits per heavy atom. The number of rotatable bonds is 6. The molecular formula is C13H19O3P. The van der Waals surface area contributed by atoms with Gasteiger partial charge in [-0.25, -0.2) is 0 Å². The average molecular weight is 254 g/mol. The van der Waals surface area contributed by atoms with Gasteiger partial charge < -0.3 is 13.6 Å². The van der Waals surface area contributed by atoms with Crippen molar-refractivity contribution in [3.8, 4) is 0 Å². The van der Waals surface area contributed by atoms with Crippen LogP contribution in [0.1, 0.15) is 25.0 Å². The number of benzene rings is 1. The molecule has 0 saturated heterocycles. The second kappa shape index (κ2) is 6.46. The molecular weight excluding hydrogens is 235 g/mol. The van der Waals surface area contributed by atoms with Gasteiger partial charge in [0.25, 0.3) is 0 Å². The smallest absolute Gasteiger partial charge is 0.313 e. The standard InChI is InChI=1S/C13H19O3P/c1-3-14-17(15-4-2)16-13-9-11-7-5-6-8-12(11)10-13/h5-8,13H,3-4,9-10H2,1-2H3. The van der Waals surface area contributed by atoms with Crippen LogP contribution < -0.4 is 0 Å². The molecule has 0 radical (unpaired) electrons. The zero-order valence-electron chi connectivity index (χ0n) is 10.4. The van der Waals surface area contributed by atoms with E-state index in [4.69, 9.17) is 13.6 Å². The Balaban J connectivity index is 1.89. The molecule has 0 atom stereocenters. The molecule has 0 aliphatic heterocycles. The fourth-order valence-electron chi connectivity index (χ4n) is 2.02. The van der Waals surface area contributed by atoms with Gasteiger partial charge in [0.05, 0.1) is 19.3 Å². The predicted molar refractivity (Wildman–Crippen MR) is 68.9 cm³/mol. The van der Waals surface area contributed by atoms with Gasteiger partial charge in [-0.1, -0.05) is 24.3 Å². The van der Waals surface area contributed by atoms with E-state index in [1.165, 1.54) is 11.1 Å². The first-order valence-corrected chi connectivity index (χ1v) is 7.22. The van der Waals surface area contributed by atoms with Crippen LogP contribution in [0.3, 0.4) is 0 Å². The van der Waals surface area contributed by atoms with Crippen molar-refractivity contribution in [2.75, 3.05) is 13.2 Å². The lowest BCUT2D eigenvalue weighted by atomic mass is 10.1. The molecule has 1 aromatic rings. The molecule has 0 spiro atoms. The maximum absolute atomic E-state index is 5.90. The molecule has 0 heterocycles. The quantitative estimate of drug-likeness (QED) is 0.727. The highest BCUT2D eigenvalue weighted by Crippen LogP contribution is 2.43. The first-order valence-electron chi connectivity index (χ1n) is 6.13. The van der Waals surface area contributed by atoms with Gasteiger partial charge in [-0.2, -0.15) is 0 Å². The van der Waals surface area contributed by atoms with Crippen molar-refractivity contribution in [2.24, 2.45) is 0 Å². The van der Waals surface area contributed by atoms with Crippen molar-refractivity contribution >= 4 is 8.60 Å². The molecule has 94 valence electrons. The topological polar surface area (TPSA) is 27.7 Å². The van der Waals surface area contributed by atoms with E-state index < -0.39 is 8.60 Å².